The second-order valence-corrected chi connectivity index (χ2v) is 0. The summed E-state index contributed by atoms with van der Waals surface area (Å²) in [6.45, 7) is 0. The van der Waals surface area contributed by atoms with Gasteiger partial charge in [-0.2, -0.15) is 0 Å². The summed E-state index contributed by atoms with van der Waals surface area (Å²) in [4.78, 5) is 0. The molecule has 0 rings (SSSR count). The third-order valence-corrected chi connectivity index (χ3v) is 0. The predicted molar refractivity (Wildman–Crippen MR) is 37.0 cm³/mol. The maximum atomic E-state index is 0. The Bertz CT molecular complexity index is 8.00. The first-order valence-electron chi connectivity index (χ1n) is 0. The predicted octanol–water partition coefficient (Wildman–Crippen LogP) is -4.20. The van der Waals surface area contributed by atoms with E-state index in [9.17, 15) is 0 Å². The van der Waals surface area contributed by atoms with E-state index in [0.717, 1.165) is 0 Å². The Morgan fingerprint density at radius 2 is 1.00 bits per heavy atom. The number of rotatable bonds is 0. The standard InChI is InChI=1S/GeH4.In.Sb.HTe.5H/h1H4;;;1H;;;;;. The third-order valence-electron chi connectivity index (χ3n) is 0. The molecule has 0 atom stereocenters. The van der Waals surface area contributed by atoms with Crippen LogP contribution in [0.1, 0.15) is 0 Å². The Morgan fingerprint density at radius 1 is 1.00 bits per heavy atom. The van der Waals surface area contributed by atoms with Gasteiger partial charge in [-0.15, -0.1) is 0 Å². The van der Waals surface area contributed by atoms with Crippen LogP contribution in [0.15, 0.2) is 0 Å². The molecule has 0 aromatic heterocycles. The van der Waals surface area contributed by atoms with Crippen molar-refractivity contribution in [1.82, 2.24) is 0 Å². The molecule has 0 saturated carbocycles. The van der Waals surface area contributed by atoms with E-state index in [-0.39, 0.29) is 91.5 Å². The van der Waals surface area contributed by atoms with Crippen molar-refractivity contribution in [3.63, 3.8) is 0 Å². The van der Waals surface area contributed by atoms with Crippen molar-refractivity contribution in [2.75, 3.05) is 0 Å². The topological polar surface area (TPSA) is 0 Å². The molecule has 0 spiro atoms. The molecule has 0 aliphatic heterocycles. The van der Waals surface area contributed by atoms with Crippen molar-refractivity contribution < 1.29 is 0 Å². The van der Waals surface area contributed by atoms with Crippen LogP contribution in [0.4, 0.5) is 0 Å². The first kappa shape index (κ1) is 27.9. The first-order chi connectivity index (χ1) is 0. The molecule has 0 aromatic carbocycles. The van der Waals surface area contributed by atoms with Gasteiger partial charge in [-0.25, -0.2) is 0 Å². The van der Waals surface area contributed by atoms with Gasteiger partial charge in [0.1, 0.15) is 0 Å². The quantitative estimate of drug-likeness (QED) is 0.331. The molecule has 2 radical (unpaired) electrons. The Kier molecular flexibility index (Phi) is 116. The van der Waals surface area contributed by atoms with E-state index in [0.29, 0.717) is 0 Å². The fourth-order valence-corrected chi connectivity index (χ4v) is 0. The molecule has 0 unspecified atom stereocenters. The second-order valence-electron chi connectivity index (χ2n) is 0. The van der Waals surface area contributed by atoms with Crippen LogP contribution in [-0.4, -0.2) is 91.5 Å². The summed E-state index contributed by atoms with van der Waals surface area (Å²) in [5.74, 6) is 0. The van der Waals surface area contributed by atoms with Crippen molar-refractivity contribution in [1.29, 1.82) is 0 Å². The molecule has 4 heteroatoms. The molecule has 0 N–H and O–H groups in total. The van der Waals surface area contributed by atoms with E-state index < -0.39 is 0 Å². The van der Waals surface area contributed by atoms with Crippen molar-refractivity contribution in [2.45, 2.75) is 0 Å². The van der Waals surface area contributed by atoms with E-state index >= 15 is 0 Å². The molecule has 0 nitrogen and oxygen atoms in total. The van der Waals surface area contributed by atoms with E-state index in [4.69, 9.17) is 0 Å². The van der Waals surface area contributed by atoms with Crippen LogP contribution in [0.25, 0.3) is 0 Å². The average molecular weight is 447 g/mol. The van der Waals surface area contributed by atoms with Gasteiger partial charge in [-0.05, 0) is 0 Å². The Balaban J connectivity index is 0. The SMILES string of the molecule is [GeH4].[InH3].[SbH2].[TeH]. The molecular formula is H10GeInSbTe. The van der Waals surface area contributed by atoms with Gasteiger partial charge in [0.25, 0.3) is 0 Å². The Hall–Kier alpha value is 3.02. The Labute approximate surface area is 89.8 Å². The van der Waals surface area contributed by atoms with Crippen molar-refractivity contribution in [3.05, 3.63) is 0 Å². The monoisotopic (exact) mass is 450 g/mol. The van der Waals surface area contributed by atoms with Gasteiger partial charge < -0.3 is 0 Å². The minimum absolute atomic E-state index is 0. The molecule has 0 bridgehead atoms. The van der Waals surface area contributed by atoms with Crippen LogP contribution >= 0.6 is 0 Å². The van der Waals surface area contributed by atoms with Gasteiger partial charge in [0.15, 0.2) is 0 Å². The normalized spacial score (nSPS) is 0. The van der Waals surface area contributed by atoms with Crippen LogP contribution in [0, 0.1) is 0 Å². The first-order valence-corrected chi connectivity index (χ1v) is 0. The van der Waals surface area contributed by atoms with Crippen LogP contribution in [0.5, 0.6) is 0 Å². The van der Waals surface area contributed by atoms with Gasteiger partial charge in [0, 0.05) is 0 Å². The van der Waals surface area contributed by atoms with Crippen LogP contribution in [-0.2, 0) is 0 Å². The van der Waals surface area contributed by atoms with E-state index in [1.165, 1.54) is 0 Å². The summed E-state index contributed by atoms with van der Waals surface area (Å²) in [6.07, 6.45) is 0. The number of hydrogen-bond donors (Lipinski definition) is 0. The summed E-state index contributed by atoms with van der Waals surface area (Å²) < 4.78 is 0. The molecule has 0 saturated heterocycles. The molecule has 0 aliphatic carbocycles. The van der Waals surface area contributed by atoms with E-state index in [2.05, 4.69) is 0 Å². The van der Waals surface area contributed by atoms with Crippen molar-refractivity contribution in [3.8, 4) is 0 Å². The minimum atomic E-state index is 0. The fraction of sp³-hybridized carbons (Fsp3) is 0. The van der Waals surface area contributed by atoms with Gasteiger partial charge in [0.2, 0.25) is 0 Å². The van der Waals surface area contributed by atoms with Gasteiger partial charge in [-0.3, -0.25) is 0 Å². The fourth-order valence-electron chi connectivity index (χ4n) is 0. The zero-order valence-corrected chi connectivity index (χ0v) is 6.87. The summed E-state index contributed by atoms with van der Waals surface area (Å²) in [5.41, 5.74) is 0. The number of hydrogen-bond acceptors (Lipinski definition) is 0. The van der Waals surface area contributed by atoms with Gasteiger partial charge in [0.05, 0.1) is 0 Å². The molecule has 0 heterocycles. The molecule has 0 fully saturated rings. The van der Waals surface area contributed by atoms with Crippen LogP contribution in [0.2, 0.25) is 0 Å². The van der Waals surface area contributed by atoms with Gasteiger partial charge >= 0.3 is 91.5 Å². The Morgan fingerprint density at radius 3 is 1.00 bits per heavy atom. The molecule has 4 heavy (non-hydrogen) atoms. The van der Waals surface area contributed by atoms with Gasteiger partial charge in [-0.1, -0.05) is 0 Å². The summed E-state index contributed by atoms with van der Waals surface area (Å²) >= 11 is 0. The zero-order valence-electron chi connectivity index (χ0n) is 1.02. The van der Waals surface area contributed by atoms with Crippen LogP contribution in [0.3, 0.4) is 0 Å². The summed E-state index contributed by atoms with van der Waals surface area (Å²) in [6, 6.07) is 0. The summed E-state index contributed by atoms with van der Waals surface area (Å²) in [7, 11) is 0. The third kappa shape index (κ3) is 8.90. The van der Waals surface area contributed by atoms with Crippen molar-refractivity contribution >= 4 is 91.5 Å². The average Bonchev–Trinajstić information content (AvgIpc) is 0. The second kappa shape index (κ2) is 16.6. The van der Waals surface area contributed by atoms with Crippen molar-refractivity contribution in [2.24, 2.45) is 0 Å². The summed E-state index contributed by atoms with van der Waals surface area (Å²) in [5, 5.41) is 0. The molecule has 0 aromatic rings. The van der Waals surface area contributed by atoms with E-state index in [1.807, 2.05) is 0 Å². The molecule has 0 amide bonds. The van der Waals surface area contributed by atoms with E-state index in [1.54, 1.807) is 0 Å². The molecule has 28 valence electrons. The maximum absolute atomic E-state index is 0. The zero-order chi connectivity index (χ0) is 0. The molecular weight excluding hydrogens is 437 g/mol. The van der Waals surface area contributed by atoms with Crippen LogP contribution < -0.4 is 0 Å². The molecule has 0 aliphatic rings.